The number of hydrogen-bond donors (Lipinski definition) is 1. The Labute approximate surface area is 136 Å². The van der Waals surface area contributed by atoms with Crippen molar-refractivity contribution in [2.75, 3.05) is 6.54 Å². The Morgan fingerprint density at radius 1 is 1.35 bits per heavy atom. The summed E-state index contributed by atoms with van der Waals surface area (Å²) >= 11 is 0. The van der Waals surface area contributed by atoms with Gasteiger partial charge in [-0.05, 0) is 51.4 Å². The van der Waals surface area contributed by atoms with E-state index in [1.165, 1.54) is 25.3 Å². The van der Waals surface area contributed by atoms with Crippen molar-refractivity contribution in [1.29, 1.82) is 0 Å². The van der Waals surface area contributed by atoms with Gasteiger partial charge in [-0.15, -0.1) is 0 Å². The first-order valence-corrected chi connectivity index (χ1v) is 7.53. The molecule has 7 heteroatoms. The summed E-state index contributed by atoms with van der Waals surface area (Å²) in [5, 5.41) is 2.72. The van der Waals surface area contributed by atoms with Crippen molar-refractivity contribution < 1.29 is 18.5 Å². The average molecular weight is 320 g/mol. The molecule has 1 amide bonds. The fraction of sp³-hybridized carbons (Fsp3) is 0.500. The highest BCUT2D eigenvalue weighted by Crippen LogP contribution is 2.38. The third-order valence-corrected chi connectivity index (χ3v) is 4.17. The van der Waals surface area contributed by atoms with Crippen LogP contribution in [0.15, 0.2) is 23.8 Å². The van der Waals surface area contributed by atoms with E-state index in [9.17, 15) is 9.18 Å². The molecular weight excluding hydrogens is 298 g/mol. The topological polar surface area (TPSA) is 60.5 Å². The largest absolute Gasteiger partial charge is 0.492 e. The Hall–Kier alpha value is -1.73. The van der Waals surface area contributed by atoms with Crippen LogP contribution in [0.4, 0.5) is 4.39 Å². The molecule has 0 spiro atoms. The Bertz CT molecular complexity index is 616. The van der Waals surface area contributed by atoms with Crippen molar-refractivity contribution in [2.45, 2.75) is 45.8 Å². The maximum atomic E-state index is 13.4. The molecule has 0 aliphatic carbocycles. The molecule has 2 heterocycles. The second kappa shape index (κ2) is 6.41. The van der Waals surface area contributed by atoms with Gasteiger partial charge in [-0.3, -0.25) is 9.78 Å². The predicted molar refractivity (Wildman–Crippen MR) is 86.9 cm³/mol. The van der Waals surface area contributed by atoms with E-state index in [4.69, 9.17) is 9.31 Å². The molecule has 0 unspecified atom stereocenters. The fourth-order valence-electron chi connectivity index (χ4n) is 2.11. The van der Waals surface area contributed by atoms with Crippen LogP contribution in [0.2, 0.25) is 0 Å². The number of carbonyl (C=O) groups excluding carboxylic acids is 1. The van der Waals surface area contributed by atoms with Crippen molar-refractivity contribution in [3.63, 3.8) is 0 Å². The molecular formula is C16H22BFN2O3. The molecule has 0 radical (unpaired) electrons. The monoisotopic (exact) mass is 320 g/mol. The second-order valence-electron chi connectivity index (χ2n) is 6.62. The molecule has 0 saturated carbocycles. The zero-order valence-corrected chi connectivity index (χ0v) is 14.1. The second-order valence-corrected chi connectivity index (χ2v) is 6.62. The van der Waals surface area contributed by atoms with Crippen LogP contribution in [0, 0.1) is 5.82 Å². The summed E-state index contributed by atoms with van der Waals surface area (Å²) in [5.74, 6) is -0.543. The first-order valence-electron chi connectivity index (χ1n) is 7.53. The highest BCUT2D eigenvalue weighted by Gasteiger charge is 2.52. The fourth-order valence-corrected chi connectivity index (χ4v) is 2.11. The zero-order valence-electron chi connectivity index (χ0n) is 14.1. The van der Waals surface area contributed by atoms with Crippen LogP contribution < -0.4 is 5.32 Å². The zero-order chi connectivity index (χ0) is 17.3. The van der Waals surface area contributed by atoms with Gasteiger partial charge in [-0.25, -0.2) is 4.39 Å². The smallest absolute Gasteiger partial charge is 0.400 e. The molecule has 1 aromatic rings. The highest BCUT2D eigenvalue weighted by molar-refractivity contribution is 6.56. The number of halogens is 1. The molecule has 5 nitrogen and oxygen atoms in total. The molecule has 1 aliphatic rings. The molecule has 0 atom stereocenters. The Balaban J connectivity index is 2.30. The SMILES string of the molecule is CC(=O)NCC(=Cc1cc(F)ccn1)B1OC(C)(C)C(C)(C)O1. The Kier molecular flexibility index (Phi) is 4.91. The lowest BCUT2D eigenvalue weighted by molar-refractivity contribution is -0.118. The van der Waals surface area contributed by atoms with Crippen LogP contribution in [0.3, 0.4) is 0 Å². The van der Waals surface area contributed by atoms with E-state index in [1.54, 1.807) is 6.08 Å². The molecule has 23 heavy (non-hydrogen) atoms. The Morgan fingerprint density at radius 3 is 2.48 bits per heavy atom. The number of hydrogen-bond acceptors (Lipinski definition) is 4. The van der Waals surface area contributed by atoms with Gasteiger partial charge < -0.3 is 14.6 Å². The molecule has 2 rings (SSSR count). The standard InChI is InChI=1S/C16H22BFN2O3/c1-11(21)20-10-12(8-14-9-13(18)6-7-19-14)17-22-15(2,3)16(4,5)23-17/h6-9H,10H2,1-5H3,(H,20,21). The van der Waals surface area contributed by atoms with Gasteiger partial charge in [0.1, 0.15) is 5.82 Å². The number of carbonyl (C=O) groups is 1. The summed E-state index contributed by atoms with van der Waals surface area (Å²) in [5.41, 5.74) is 0.127. The summed E-state index contributed by atoms with van der Waals surface area (Å²) in [6, 6.07) is 2.60. The lowest BCUT2D eigenvalue weighted by Crippen LogP contribution is -2.41. The summed E-state index contributed by atoms with van der Waals surface area (Å²) < 4.78 is 25.3. The molecule has 1 aromatic heterocycles. The van der Waals surface area contributed by atoms with Crippen molar-refractivity contribution in [1.82, 2.24) is 10.3 Å². The van der Waals surface area contributed by atoms with E-state index in [0.717, 1.165) is 0 Å². The van der Waals surface area contributed by atoms with E-state index in [-0.39, 0.29) is 18.3 Å². The summed E-state index contributed by atoms with van der Waals surface area (Å²) in [7, 11) is -0.628. The maximum absolute atomic E-state index is 13.4. The highest BCUT2D eigenvalue weighted by atomic mass is 19.1. The number of amides is 1. The van der Waals surface area contributed by atoms with Gasteiger partial charge in [0.15, 0.2) is 0 Å². The minimum absolute atomic E-state index is 0.167. The third-order valence-electron chi connectivity index (χ3n) is 4.17. The maximum Gasteiger partial charge on any atom is 0.492 e. The minimum Gasteiger partial charge on any atom is -0.400 e. The van der Waals surface area contributed by atoms with Crippen LogP contribution >= 0.6 is 0 Å². The van der Waals surface area contributed by atoms with E-state index >= 15 is 0 Å². The molecule has 1 saturated heterocycles. The van der Waals surface area contributed by atoms with Crippen LogP contribution in [-0.2, 0) is 14.1 Å². The van der Waals surface area contributed by atoms with Gasteiger partial charge in [0.2, 0.25) is 5.91 Å². The summed E-state index contributed by atoms with van der Waals surface area (Å²) in [6.45, 7) is 9.46. The van der Waals surface area contributed by atoms with Crippen LogP contribution in [0.5, 0.6) is 0 Å². The molecule has 1 aliphatic heterocycles. The van der Waals surface area contributed by atoms with E-state index < -0.39 is 18.3 Å². The molecule has 1 fully saturated rings. The number of aromatic nitrogens is 1. The van der Waals surface area contributed by atoms with Gasteiger partial charge >= 0.3 is 7.12 Å². The Morgan fingerprint density at radius 2 is 1.96 bits per heavy atom. The van der Waals surface area contributed by atoms with Crippen molar-refractivity contribution in [3.05, 3.63) is 35.3 Å². The quantitative estimate of drug-likeness (QED) is 0.865. The third kappa shape index (κ3) is 4.17. The first-order chi connectivity index (χ1) is 10.6. The van der Waals surface area contributed by atoms with Gasteiger partial charge in [-0.1, -0.05) is 0 Å². The van der Waals surface area contributed by atoms with Gasteiger partial charge in [0.05, 0.1) is 16.9 Å². The molecule has 124 valence electrons. The van der Waals surface area contributed by atoms with Gasteiger partial charge in [0.25, 0.3) is 0 Å². The van der Waals surface area contributed by atoms with Crippen molar-refractivity contribution >= 4 is 19.1 Å². The average Bonchev–Trinajstić information content (AvgIpc) is 2.63. The van der Waals surface area contributed by atoms with Gasteiger partial charge in [0, 0.05) is 19.7 Å². The number of rotatable bonds is 4. The molecule has 1 N–H and O–H groups in total. The van der Waals surface area contributed by atoms with Crippen LogP contribution in [0.1, 0.15) is 40.3 Å². The molecule has 0 aromatic carbocycles. The molecule has 0 bridgehead atoms. The van der Waals surface area contributed by atoms with E-state index in [2.05, 4.69) is 10.3 Å². The minimum atomic E-state index is -0.628. The van der Waals surface area contributed by atoms with Crippen LogP contribution in [-0.4, -0.2) is 35.8 Å². The van der Waals surface area contributed by atoms with E-state index in [1.807, 2.05) is 27.7 Å². The number of nitrogens with one attached hydrogen (secondary N) is 1. The number of pyridine rings is 1. The lowest BCUT2D eigenvalue weighted by Gasteiger charge is -2.32. The predicted octanol–water partition coefficient (Wildman–Crippen LogP) is 2.37. The summed E-state index contributed by atoms with van der Waals surface area (Å²) in [6.07, 6.45) is 3.07. The first kappa shape index (κ1) is 17.6. The van der Waals surface area contributed by atoms with Crippen molar-refractivity contribution in [2.24, 2.45) is 0 Å². The van der Waals surface area contributed by atoms with Crippen molar-refractivity contribution in [3.8, 4) is 0 Å². The number of nitrogens with zero attached hydrogens (tertiary/aromatic N) is 1. The summed E-state index contributed by atoms with van der Waals surface area (Å²) in [4.78, 5) is 15.3. The van der Waals surface area contributed by atoms with E-state index in [0.29, 0.717) is 11.2 Å². The van der Waals surface area contributed by atoms with Gasteiger partial charge in [-0.2, -0.15) is 0 Å². The van der Waals surface area contributed by atoms with Crippen LogP contribution in [0.25, 0.3) is 6.08 Å². The lowest BCUT2D eigenvalue weighted by atomic mass is 9.77. The normalized spacial score (nSPS) is 19.7.